The number of primary amides is 1. The van der Waals surface area contributed by atoms with Gasteiger partial charge in [0.2, 0.25) is 17.6 Å². The predicted molar refractivity (Wildman–Crippen MR) is 90.1 cm³/mol. The highest BCUT2D eigenvalue weighted by atomic mass is 16.2. The van der Waals surface area contributed by atoms with Gasteiger partial charge in [-0.05, 0) is 12.1 Å². The molecule has 0 aliphatic carbocycles. The van der Waals surface area contributed by atoms with Crippen molar-refractivity contribution < 1.29 is 9.59 Å². The summed E-state index contributed by atoms with van der Waals surface area (Å²) in [6.45, 7) is 4.18. The van der Waals surface area contributed by atoms with Crippen LogP contribution in [-0.4, -0.2) is 74.0 Å². The Bertz CT molecular complexity index is 738. The second-order valence-corrected chi connectivity index (χ2v) is 6.00. The van der Waals surface area contributed by atoms with Crippen molar-refractivity contribution in [3.05, 3.63) is 30.3 Å². The van der Waals surface area contributed by atoms with Gasteiger partial charge in [-0.2, -0.15) is 4.80 Å². The molecule has 2 amide bonds. The van der Waals surface area contributed by atoms with Crippen molar-refractivity contribution in [1.29, 1.82) is 0 Å². The molecule has 9 heteroatoms. The molecule has 1 atom stereocenters. The van der Waals surface area contributed by atoms with Gasteiger partial charge in [-0.1, -0.05) is 30.3 Å². The maximum atomic E-state index is 12.4. The fourth-order valence-electron chi connectivity index (χ4n) is 2.77. The Morgan fingerprint density at radius 2 is 1.84 bits per heavy atom. The number of hydrogen-bond donors (Lipinski definition) is 1. The molecule has 0 saturated carbocycles. The zero-order valence-electron chi connectivity index (χ0n) is 14.1. The number of benzene rings is 1. The molecule has 0 unspecified atom stereocenters. The summed E-state index contributed by atoms with van der Waals surface area (Å²) in [5.41, 5.74) is 6.18. The van der Waals surface area contributed by atoms with Gasteiger partial charge in [-0.3, -0.25) is 14.5 Å². The molecule has 3 rings (SSSR count). The Kier molecular flexibility index (Phi) is 5.03. The van der Waals surface area contributed by atoms with E-state index in [1.165, 1.54) is 4.80 Å². The van der Waals surface area contributed by atoms with Gasteiger partial charge in [0.25, 0.3) is 0 Å². The molecule has 1 aliphatic heterocycles. The quantitative estimate of drug-likeness (QED) is 0.773. The molecular formula is C16H21N7O2. The van der Waals surface area contributed by atoms with E-state index in [9.17, 15) is 9.59 Å². The van der Waals surface area contributed by atoms with E-state index in [0.29, 0.717) is 32.0 Å². The lowest BCUT2D eigenvalue weighted by atomic mass is 10.2. The van der Waals surface area contributed by atoms with Gasteiger partial charge in [0.15, 0.2) is 0 Å². The van der Waals surface area contributed by atoms with Gasteiger partial charge in [-0.25, -0.2) is 0 Å². The lowest BCUT2D eigenvalue weighted by Gasteiger charge is -2.36. The van der Waals surface area contributed by atoms with Crippen LogP contribution in [0.2, 0.25) is 0 Å². The number of carbonyl (C=O) groups is 2. The minimum Gasteiger partial charge on any atom is -0.368 e. The lowest BCUT2D eigenvalue weighted by Crippen LogP contribution is -2.54. The minimum absolute atomic E-state index is 0.0468. The molecule has 9 nitrogen and oxygen atoms in total. The topological polar surface area (TPSA) is 110 Å². The van der Waals surface area contributed by atoms with Crippen LogP contribution in [0.1, 0.15) is 6.92 Å². The summed E-state index contributed by atoms with van der Waals surface area (Å²) in [5, 5.41) is 12.2. The molecular weight excluding hydrogens is 322 g/mol. The van der Waals surface area contributed by atoms with E-state index in [-0.39, 0.29) is 24.4 Å². The van der Waals surface area contributed by atoms with Crippen molar-refractivity contribution in [3.63, 3.8) is 0 Å². The molecule has 132 valence electrons. The van der Waals surface area contributed by atoms with Crippen LogP contribution in [0, 0.1) is 0 Å². The largest absolute Gasteiger partial charge is 0.368 e. The first-order valence-corrected chi connectivity index (χ1v) is 8.19. The number of tetrazole rings is 1. The van der Waals surface area contributed by atoms with Crippen molar-refractivity contribution in [2.24, 2.45) is 5.73 Å². The van der Waals surface area contributed by atoms with Crippen LogP contribution in [-0.2, 0) is 16.1 Å². The third-order valence-electron chi connectivity index (χ3n) is 4.39. The van der Waals surface area contributed by atoms with E-state index in [1.807, 2.05) is 35.2 Å². The summed E-state index contributed by atoms with van der Waals surface area (Å²) in [7, 11) is 0. The van der Waals surface area contributed by atoms with E-state index >= 15 is 0 Å². The van der Waals surface area contributed by atoms with Gasteiger partial charge in [-0.15, -0.1) is 10.2 Å². The average molecular weight is 343 g/mol. The van der Waals surface area contributed by atoms with Gasteiger partial charge >= 0.3 is 0 Å². The highest BCUT2D eigenvalue weighted by Gasteiger charge is 2.26. The number of nitrogens with zero attached hydrogens (tertiary/aromatic N) is 6. The maximum absolute atomic E-state index is 12.4. The molecule has 25 heavy (non-hydrogen) atoms. The van der Waals surface area contributed by atoms with E-state index in [2.05, 4.69) is 15.4 Å². The number of hydrogen-bond acceptors (Lipinski definition) is 6. The first kappa shape index (κ1) is 17.0. The second-order valence-electron chi connectivity index (χ2n) is 6.00. The first-order chi connectivity index (χ1) is 12.0. The van der Waals surface area contributed by atoms with E-state index in [1.54, 1.807) is 11.8 Å². The zero-order chi connectivity index (χ0) is 17.8. The SMILES string of the molecule is C[C@@H](C(N)=O)N1CCN(C(=O)Cn2nnc(-c3ccccc3)n2)CC1. The number of nitrogens with two attached hydrogens (primary N) is 1. The molecule has 1 fully saturated rings. The number of piperazine rings is 1. The molecule has 1 saturated heterocycles. The van der Waals surface area contributed by atoms with Gasteiger partial charge in [0.1, 0.15) is 6.54 Å². The Labute approximate surface area is 145 Å². The van der Waals surface area contributed by atoms with Crippen molar-refractivity contribution in [2.75, 3.05) is 26.2 Å². The molecule has 0 spiro atoms. The molecule has 0 radical (unpaired) electrons. The van der Waals surface area contributed by atoms with Crippen LogP contribution in [0.15, 0.2) is 30.3 Å². The van der Waals surface area contributed by atoms with Crippen molar-refractivity contribution >= 4 is 11.8 Å². The summed E-state index contributed by atoms with van der Waals surface area (Å²) < 4.78 is 0. The van der Waals surface area contributed by atoms with Gasteiger partial charge in [0, 0.05) is 31.7 Å². The van der Waals surface area contributed by atoms with Crippen molar-refractivity contribution in [3.8, 4) is 11.4 Å². The molecule has 2 heterocycles. The fourth-order valence-corrected chi connectivity index (χ4v) is 2.77. The van der Waals surface area contributed by atoms with Crippen molar-refractivity contribution in [2.45, 2.75) is 19.5 Å². The fraction of sp³-hybridized carbons (Fsp3) is 0.438. The molecule has 2 N–H and O–H groups in total. The van der Waals surface area contributed by atoms with Gasteiger partial charge < -0.3 is 10.6 Å². The Hall–Kier alpha value is -2.81. The monoisotopic (exact) mass is 343 g/mol. The summed E-state index contributed by atoms with van der Waals surface area (Å²) >= 11 is 0. The van der Waals surface area contributed by atoms with Gasteiger partial charge in [0.05, 0.1) is 6.04 Å². The normalized spacial score (nSPS) is 16.6. The van der Waals surface area contributed by atoms with Crippen LogP contribution in [0.4, 0.5) is 0 Å². The standard InChI is InChI=1S/C16H21N7O2/c1-12(15(17)25)21-7-9-22(10-8-21)14(24)11-23-19-16(18-20-23)13-5-3-2-4-6-13/h2-6,12H,7-11H2,1H3,(H2,17,25)/t12-/m0/s1. The van der Waals surface area contributed by atoms with Crippen LogP contribution in [0.25, 0.3) is 11.4 Å². The number of rotatable bonds is 5. The molecule has 2 aromatic rings. The van der Waals surface area contributed by atoms with E-state index in [4.69, 9.17) is 5.73 Å². The van der Waals surface area contributed by atoms with E-state index < -0.39 is 0 Å². The van der Waals surface area contributed by atoms with Crippen LogP contribution < -0.4 is 5.73 Å². The smallest absolute Gasteiger partial charge is 0.246 e. The molecule has 0 bridgehead atoms. The Morgan fingerprint density at radius 1 is 1.16 bits per heavy atom. The number of carbonyl (C=O) groups excluding carboxylic acids is 2. The van der Waals surface area contributed by atoms with Crippen LogP contribution >= 0.6 is 0 Å². The van der Waals surface area contributed by atoms with Crippen LogP contribution in [0.5, 0.6) is 0 Å². The average Bonchev–Trinajstić information content (AvgIpc) is 3.10. The highest BCUT2D eigenvalue weighted by Crippen LogP contribution is 2.12. The number of aromatic nitrogens is 4. The Morgan fingerprint density at radius 3 is 2.48 bits per heavy atom. The third kappa shape index (κ3) is 4.00. The zero-order valence-corrected chi connectivity index (χ0v) is 14.1. The van der Waals surface area contributed by atoms with Crippen LogP contribution in [0.3, 0.4) is 0 Å². The first-order valence-electron chi connectivity index (χ1n) is 8.19. The van der Waals surface area contributed by atoms with E-state index in [0.717, 1.165) is 5.56 Å². The summed E-state index contributed by atoms with van der Waals surface area (Å²) in [6, 6.07) is 9.17. The Balaban J connectivity index is 1.55. The molecule has 1 aromatic carbocycles. The summed E-state index contributed by atoms with van der Waals surface area (Å²) in [6.07, 6.45) is 0. The summed E-state index contributed by atoms with van der Waals surface area (Å²) in [5.74, 6) is 0.0805. The number of amides is 2. The predicted octanol–water partition coefficient (Wildman–Crippen LogP) is -0.642. The van der Waals surface area contributed by atoms with Crippen molar-refractivity contribution in [1.82, 2.24) is 30.0 Å². The summed E-state index contributed by atoms with van der Waals surface area (Å²) in [4.78, 5) is 28.7. The maximum Gasteiger partial charge on any atom is 0.246 e. The third-order valence-corrected chi connectivity index (χ3v) is 4.39. The molecule has 1 aromatic heterocycles. The second kappa shape index (κ2) is 7.39. The molecule has 1 aliphatic rings. The highest BCUT2D eigenvalue weighted by molar-refractivity contribution is 5.79. The lowest BCUT2D eigenvalue weighted by molar-refractivity contribution is -0.134. The minimum atomic E-state index is -0.347.